The van der Waals surface area contributed by atoms with Crippen molar-refractivity contribution in [2.75, 3.05) is 11.2 Å². The minimum Gasteiger partial charge on any atom is -0.367 e. The molecule has 104 valence electrons. The Balaban J connectivity index is 1.78. The Bertz CT molecular complexity index is 435. The molecular formula is C15H22ClN3. The molecule has 2 aliphatic carbocycles. The number of fused-ring (bicyclic) bond motifs is 1. The van der Waals surface area contributed by atoms with Crippen molar-refractivity contribution in [2.24, 2.45) is 5.92 Å². The summed E-state index contributed by atoms with van der Waals surface area (Å²) in [6.07, 6.45) is 11.5. The standard InChI is InChI=1S/C15H22ClN3/c16-9-11-5-1-3-7-13(11)19-15-12-6-2-4-8-14(12)17-10-18-15/h10-11,13H,1-9H2,(H,17,18,19). The SMILES string of the molecule is ClCC1CCCCC1Nc1ncnc2c1CCCC2. The number of rotatable bonds is 3. The van der Waals surface area contributed by atoms with Crippen molar-refractivity contribution in [2.45, 2.75) is 57.4 Å². The molecule has 1 N–H and O–H groups in total. The maximum Gasteiger partial charge on any atom is 0.133 e. The number of halogens is 1. The van der Waals surface area contributed by atoms with Gasteiger partial charge in [0.2, 0.25) is 0 Å². The molecule has 1 aromatic rings. The van der Waals surface area contributed by atoms with E-state index in [0.29, 0.717) is 12.0 Å². The highest BCUT2D eigenvalue weighted by atomic mass is 35.5. The molecule has 1 saturated carbocycles. The number of alkyl halides is 1. The summed E-state index contributed by atoms with van der Waals surface area (Å²) in [5.41, 5.74) is 2.61. The summed E-state index contributed by atoms with van der Waals surface area (Å²) in [7, 11) is 0. The largest absolute Gasteiger partial charge is 0.367 e. The van der Waals surface area contributed by atoms with Gasteiger partial charge in [0.25, 0.3) is 0 Å². The number of nitrogens with one attached hydrogen (secondary N) is 1. The summed E-state index contributed by atoms with van der Waals surface area (Å²) >= 11 is 6.11. The van der Waals surface area contributed by atoms with Crippen LogP contribution in [-0.2, 0) is 12.8 Å². The monoisotopic (exact) mass is 279 g/mol. The van der Waals surface area contributed by atoms with Crippen LogP contribution in [0.15, 0.2) is 6.33 Å². The maximum absolute atomic E-state index is 6.11. The van der Waals surface area contributed by atoms with Gasteiger partial charge in [0, 0.05) is 23.2 Å². The zero-order valence-electron chi connectivity index (χ0n) is 11.4. The Morgan fingerprint density at radius 1 is 1.11 bits per heavy atom. The smallest absolute Gasteiger partial charge is 0.133 e. The van der Waals surface area contributed by atoms with E-state index in [1.807, 2.05) is 0 Å². The number of hydrogen-bond acceptors (Lipinski definition) is 3. The van der Waals surface area contributed by atoms with E-state index in [1.165, 1.54) is 49.8 Å². The Kier molecular flexibility index (Phi) is 4.21. The molecule has 1 fully saturated rings. The second-order valence-electron chi connectivity index (χ2n) is 5.80. The average molecular weight is 280 g/mol. The second-order valence-corrected chi connectivity index (χ2v) is 6.11. The predicted molar refractivity (Wildman–Crippen MR) is 78.8 cm³/mol. The van der Waals surface area contributed by atoms with Gasteiger partial charge in [-0.05, 0) is 44.4 Å². The number of hydrogen-bond donors (Lipinski definition) is 1. The summed E-state index contributed by atoms with van der Waals surface area (Å²) in [5.74, 6) is 2.42. The van der Waals surface area contributed by atoms with Crippen LogP contribution in [-0.4, -0.2) is 21.9 Å². The molecule has 4 heteroatoms. The highest BCUT2D eigenvalue weighted by molar-refractivity contribution is 6.18. The first-order chi connectivity index (χ1) is 9.38. The number of nitrogens with zero attached hydrogens (tertiary/aromatic N) is 2. The van der Waals surface area contributed by atoms with Gasteiger partial charge in [-0.15, -0.1) is 11.6 Å². The predicted octanol–water partition coefficient (Wildman–Crippen LogP) is 3.56. The highest BCUT2D eigenvalue weighted by Crippen LogP contribution is 2.30. The van der Waals surface area contributed by atoms with Crippen LogP contribution in [0.3, 0.4) is 0 Å². The van der Waals surface area contributed by atoms with Gasteiger partial charge in [0.05, 0.1) is 0 Å². The van der Waals surface area contributed by atoms with Gasteiger partial charge >= 0.3 is 0 Å². The first-order valence-corrected chi connectivity index (χ1v) is 8.07. The van der Waals surface area contributed by atoms with Crippen LogP contribution in [0, 0.1) is 5.92 Å². The van der Waals surface area contributed by atoms with Crippen LogP contribution in [0.4, 0.5) is 5.82 Å². The molecule has 0 saturated heterocycles. The van der Waals surface area contributed by atoms with Crippen molar-refractivity contribution < 1.29 is 0 Å². The minimum absolute atomic E-state index is 0.493. The van der Waals surface area contributed by atoms with Crippen LogP contribution in [0.5, 0.6) is 0 Å². The molecule has 19 heavy (non-hydrogen) atoms. The normalized spacial score (nSPS) is 26.8. The van der Waals surface area contributed by atoms with Gasteiger partial charge in [-0.1, -0.05) is 12.8 Å². The molecule has 2 unspecified atom stereocenters. The topological polar surface area (TPSA) is 37.8 Å². The third-order valence-corrected chi connectivity index (χ3v) is 4.95. The molecule has 0 radical (unpaired) electrons. The van der Waals surface area contributed by atoms with Crippen molar-refractivity contribution in [1.29, 1.82) is 0 Å². The van der Waals surface area contributed by atoms with Crippen molar-refractivity contribution in [3.8, 4) is 0 Å². The molecule has 0 aliphatic heterocycles. The maximum atomic E-state index is 6.11. The van der Waals surface area contributed by atoms with Crippen molar-refractivity contribution in [3.05, 3.63) is 17.6 Å². The lowest BCUT2D eigenvalue weighted by Gasteiger charge is -2.32. The molecule has 0 aromatic carbocycles. The van der Waals surface area contributed by atoms with E-state index in [-0.39, 0.29) is 0 Å². The molecule has 1 aromatic heterocycles. The second kappa shape index (κ2) is 6.08. The fourth-order valence-electron chi connectivity index (χ4n) is 3.40. The van der Waals surface area contributed by atoms with Crippen molar-refractivity contribution in [3.63, 3.8) is 0 Å². The molecule has 2 aliphatic rings. The molecule has 0 spiro atoms. The Morgan fingerprint density at radius 2 is 1.95 bits per heavy atom. The van der Waals surface area contributed by atoms with Gasteiger partial charge in [-0.3, -0.25) is 0 Å². The minimum atomic E-state index is 0.493. The van der Waals surface area contributed by atoms with E-state index in [4.69, 9.17) is 11.6 Å². The fraction of sp³-hybridized carbons (Fsp3) is 0.733. The van der Waals surface area contributed by atoms with E-state index in [1.54, 1.807) is 6.33 Å². The van der Waals surface area contributed by atoms with Gasteiger partial charge in [0.1, 0.15) is 12.1 Å². The van der Waals surface area contributed by atoms with Crippen molar-refractivity contribution >= 4 is 17.4 Å². The van der Waals surface area contributed by atoms with E-state index in [9.17, 15) is 0 Å². The Hall–Kier alpha value is -0.830. The van der Waals surface area contributed by atoms with Gasteiger partial charge in [-0.2, -0.15) is 0 Å². The Morgan fingerprint density at radius 3 is 2.84 bits per heavy atom. The van der Waals surface area contributed by atoms with Crippen LogP contribution in [0.1, 0.15) is 49.8 Å². The lowest BCUT2D eigenvalue weighted by molar-refractivity contribution is 0.352. The van der Waals surface area contributed by atoms with E-state index >= 15 is 0 Å². The molecule has 2 atom stereocenters. The molecule has 0 bridgehead atoms. The summed E-state index contributed by atoms with van der Waals surface area (Å²) < 4.78 is 0. The first kappa shape index (κ1) is 13.2. The molecular weight excluding hydrogens is 258 g/mol. The van der Waals surface area contributed by atoms with Crippen LogP contribution in [0.25, 0.3) is 0 Å². The summed E-state index contributed by atoms with van der Waals surface area (Å²) in [6, 6.07) is 0.493. The van der Waals surface area contributed by atoms with E-state index < -0.39 is 0 Å². The summed E-state index contributed by atoms with van der Waals surface area (Å²) in [6.45, 7) is 0. The lowest BCUT2D eigenvalue weighted by Crippen LogP contribution is -2.34. The quantitative estimate of drug-likeness (QED) is 0.860. The summed E-state index contributed by atoms with van der Waals surface area (Å²) in [4.78, 5) is 8.92. The third-order valence-electron chi connectivity index (χ3n) is 4.55. The van der Waals surface area contributed by atoms with Gasteiger partial charge < -0.3 is 5.32 Å². The average Bonchev–Trinajstić information content (AvgIpc) is 2.48. The number of aromatic nitrogens is 2. The van der Waals surface area contributed by atoms with Gasteiger partial charge in [-0.25, -0.2) is 9.97 Å². The molecule has 1 heterocycles. The van der Waals surface area contributed by atoms with Crippen LogP contribution >= 0.6 is 11.6 Å². The zero-order valence-corrected chi connectivity index (χ0v) is 12.1. The first-order valence-electron chi connectivity index (χ1n) is 7.53. The molecule has 3 rings (SSSR count). The molecule has 3 nitrogen and oxygen atoms in total. The Labute approximate surface area is 120 Å². The summed E-state index contributed by atoms with van der Waals surface area (Å²) in [5, 5.41) is 3.67. The lowest BCUT2D eigenvalue weighted by atomic mass is 9.85. The number of aryl methyl sites for hydroxylation is 1. The number of anilines is 1. The van der Waals surface area contributed by atoms with Gasteiger partial charge in [0.15, 0.2) is 0 Å². The van der Waals surface area contributed by atoms with E-state index in [2.05, 4.69) is 15.3 Å². The molecule has 0 amide bonds. The highest BCUT2D eigenvalue weighted by Gasteiger charge is 2.26. The van der Waals surface area contributed by atoms with E-state index in [0.717, 1.165) is 24.5 Å². The zero-order chi connectivity index (χ0) is 13.1. The fourth-order valence-corrected chi connectivity index (χ4v) is 3.77. The van der Waals surface area contributed by atoms with Crippen LogP contribution in [0.2, 0.25) is 0 Å². The van der Waals surface area contributed by atoms with Crippen LogP contribution < -0.4 is 5.32 Å². The third kappa shape index (κ3) is 2.86. The van der Waals surface area contributed by atoms with Crippen molar-refractivity contribution in [1.82, 2.24) is 9.97 Å².